The third kappa shape index (κ3) is 15.9. The van der Waals surface area contributed by atoms with Crippen molar-refractivity contribution in [3.05, 3.63) is 43.7 Å². The van der Waals surface area contributed by atoms with Crippen LogP contribution in [-0.4, -0.2) is 120 Å². The van der Waals surface area contributed by atoms with E-state index >= 15 is 0 Å². The van der Waals surface area contributed by atoms with Crippen LogP contribution in [0, 0.1) is 21.4 Å². The van der Waals surface area contributed by atoms with Gasteiger partial charge in [0.05, 0.1) is 54.3 Å². The van der Waals surface area contributed by atoms with Crippen molar-refractivity contribution in [3.63, 3.8) is 0 Å². The maximum absolute atomic E-state index is 11.9. The fourth-order valence-corrected chi connectivity index (χ4v) is 12.5. The van der Waals surface area contributed by atoms with E-state index in [0.717, 1.165) is 0 Å². The Hall–Kier alpha value is 0.400. The number of likely N-dealkylation sites (N-methyl/N-ethyl adjacent to an activating group) is 1. The second-order valence-corrected chi connectivity index (χ2v) is 16.6. The second kappa shape index (κ2) is 27.2. The molecule has 2 aromatic carbocycles. The summed E-state index contributed by atoms with van der Waals surface area (Å²) in [6, 6.07) is 0. The molecule has 0 heterocycles. The molecule has 4 amide bonds. The molecule has 0 saturated carbocycles. The molecule has 18 nitrogen and oxygen atoms in total. The predicted molar refractivity (Wildman–Crippen MR) is 238 cm³/mol. The van der Waals surface area contributed by atoms with Crippen LogP contribution in [0.1, 0.15) is 55.3 Å². The number of benzene rings is 2. The zero-order valence-corrected chi connectivity index (χ0v) is 43.9. The first-order chi connectivity index (χ1) is 24.5. The molecule has 0 aliphatic carbocycles. The summed E-state index contributed by atoms with van der Waals surface area (Å²) in [5, 5.41) is 80.1. The number of hydrogen-bond donors (Lipinski definition) is 10. The van der Waals surface area contributed by atoms with Crippen LogP contribution in [0.5, 0.6) is 0 Å². The molecular weight excluding hydrogens is 1410 g/mol. The van der Waals surface area contributed by atoms with E-state index in [1.165, 1.54) is 27.9 Å². The largest absolute Gasteiger partial charge is 1.00 e. The molecule has 0 aliphatic heterocycles. The Morgan fingerprint density at radius 2 is 0.870 bits per heavy atom. The zero-order valence-electron chi connectivity index (χ0n) is 29.0. The molecule has 4 atom stereocenters. The summed E-state index contributed by atoms with van der Waals surface area (Å²) in [5.74, 6) is -4.35. The maximum Gasteiger partial charge on any atom is 1.00 e. The van der Waals surface area contributed by atoms with Crippen LogP contribution in [0.4, 0.5) is 11.4 Å². The Labute approximate surface area is 413 Å². The molecule has 0 bridgehead atoms. The first-order valence-corrected chi connectivity index (χ1v) is 20.8. The van der Waals surface area contributed by atoms with Gasteiger partial charge < -0.3 is 71.9 Å². The molecule has 0 aliphatic rings. The van der Waals surface area contributed by atoms with E-state index < -0.39 is 54.8 Å². The number of anilines is 2. The number of nitrogens with one attached hydrogen (secondary N) is 5. The fourth-order valence-electron chi connectivity index (χ4n) is 3.80. The number of aromatic carboxylic acids is 2. The minimum Gasteiger partial charge on any atom is -0.545 e. The van der Waals surface area contributed by atoms with E-state index in [-0.39, 0.29) is 77.3 Å². The number of rotatable bonds is 12. The molecule has 2 rings (SSSR count). The summed E-state index contributed by atoms with van der Waals surface area (Å²) in [5.41, 5.74) is 0.811. The molecule has 0 aromatic heterocycles. The molecule has 25 heteroatoms. The Morgan fingerprint density at radius 1 is 0.574 bits per heavy atom. The van der Waals surface area contributed by atoms with E-state index in [1.807, 2.05) is 90.4 Å². The van der Waals surface area contributed by atoms with E-state index in [4.69, 9.17) is 20.4 Å². The topological polar surface area (TPSA) is 310 Å². The Morgan fingerprint density at radius 3 is 1.11 bits per heavy atom. The average molecular weight is 1440 g/mol. The van der Waals surface area contributed by atoms with Crippen molar-refractivity contribution in [2.24, 2.45) is 0 Å². The van der Waals surface area contributed by atoms with Crippen LogP contribution in [0.25, 0.3) is 0 Å². The van der Waals surface area contributed by atoms with E-state index in [9.17, 15) is 44.1 Å². The number of amides is 4. The number of carboxylic acid groups (broad SMARTS) is 2. The van der Waals surface area contributed by atoms with Crippen LogP contribution in [0.2, 0.25) is 0 Å². The summed E-state index contributed by atoms with van der Waals surface area (Å²) in [6.07, 6.45) is -5.65. The van der Waals surface area contributed by atoms with Gasteiger partial charge >= 0.3 is 29.6 Å². The minimum absolute atomic E-state index is 0. The van der Waals surface area contributed by atoms with Crippen molar-refractivity contribution in [1.29, 1.82) is 0 Å². The van der Waals surface area contributed by atoms with Crippen molar-refractivity contribution in [1.82, 2.24) is 16.0 Å². The smallest absolute Gasteiger partial charge is 0.545 e. The van der Waals surface area contributed by atoms with Gasteiger partial charge in [-0.05, 0) is 143 Å². The number of hydrogen-bond acceptors (Lipinski definition) is 14. The second-order valence-electron chi connectivity index (χ2n) is 10.1. The molecule has 296 valence electrons. The van der Waals surface area contributed by atoms with Crippen molar-refractivity contribution < 1.29 is 94.1 Å². The summed E-state index contributed by atoms with van der Waals surface area (Å²) in [4.78, 5) is 68.9. The van der Waals surface area contributed by atoms with Gasteiger partial charge in [0.15, 0.2) is 0 Å². The molecular formula is C29H33I6N5NaO13-. The molecule has 0 fully saturated rings. The minimum atomic E-state index is -1.55. The average Bonchev–Trinajstić information content (AvgIpc) is 3.07. The van der Waals surface area contributed by atoms with Gasteiger partial charge in [0.25, 0.3) is 11.8 Å². The van der Waals surface area contributed by atoms with Crippen molar-refractivity contribution in [2.75, 3.05) is 44.9 Å². The third-order valence-corrected chi connectivity index (χ3v) is 12.8. The summed E-state index contributed by atoms with van der Waals surface area (Å²) >= 11 is 11.0. The quantitative estimate of drug-likeness (QED) is 0.0717. The van der Waals surface area contributed by atoms with Gasteiger partial charge in [-0.25, -0.2) is 0 Å². The molecule has 4 unspecified atom stereocenters. The van der Waals surface area contributed by atoms with Crippen molar-refractivity contribution in [2.45, 2.75) is 38.3 Å². The maximum atomic E-state index is 11.9. The SMILES string of the molecule is CNC(=O)c1c(I)c(NC(C)=O)c(I)c(C(=O)[O-])c1I.CNC(=O)c1c(I)c(NC(C)=O)c(I)c(C(=O)[O-])c1I.CNCC(O)C(O)C(O)C(O)CO.[Na+]. The number of carbonyl (C=O) groups excluding carboxylic acids is 6. The summed E-state index contributed by atoms with van der Waals surface area (Å²) in [7, 11) is 4.47. The third-order valence-electron chi connectivity index (χ3n) is 6.29. The molecule has 10 N–H and O–H groups in total. The molecule has 0 spiro atoms. The van der Waals surface area contributed by atoms with E-state index in [1.54, 1.807) is 52.2 Å². The molecule has 0 saturated heterocycles. The summed E-state index contributed by atoms with van der Waals surface area (Å²) < 4.78 is 2.19. The fraction of sp³-hybridized carbons (Fsp3) is 0.379. The molecule has 2 aromatic rings. The Kier molecular flexibility index (Phi) is 28.5. The van der Waals surface area contributed by atoms with Gasteiger partial charge in [-0.3, -0.25) is 19.2 Å². The van der Waals surface area contributed by atoms with Crippen molar-refractivity contribution in [3.8, 4) is 0 Å². The van der Waals surface area contributed by atoms with Gasteiger partial charge in [0.2, 0.25) is 11.8 Å². The van der Waals surface area contributed by atoms with Crippen LogP contribution < -0.4 is 66.4 Å². The number of aliphatic hydroxyl groups excluding tert-OH is 5. The first-order valence-electron chi connectivity index (χ1n) is 14.3. The van der Waals surface area contributed by atoms with Crippen LogP contribution in [0.15, 0.2) is 0 Å². The summed E-state index contributed by atoms with van der Waals surface area (Å²) in [6.45, 7) is 2.05. The van der Waals surface area contributed by atoms with Crippen LogP contribution in [0.3, 0.4) is 0 Å². The van der Waals surface area contributed by atoms with Crippen molar-refractivity contribution >= 4 is 182 Å². The number of aliphatic hydroxyl groups is 5. The van der Waals surface area contributed by atoms with E-state index in [2.05, 4.69) is 26.6 Å². The first kappa shape index (κ1) is 56.5. The Balaban J connectivity index is 0. The molecule has 0 radical (unpaired) electrons. The normalized spacial score (nSPS) is 12.4. The Bertz CT molecular complexity index is 1620. The van der Waals surface area contributed by atoms with Gasteiger partial charge in [-0.1, -0.05) is 0 Å². The monoisotopic (exact) mass is 1440 g/mol. The van der Waals surface area contributed by atoms with Gasteiger partial charge in [0.1, 0.15) is 18.3 Å². The molecule has 54 heavy (non-hydrogen) atoms. The zero-order chi connectivity index (χ0) is 41.7. The predicted octanol–water partition coefficient (Wildman–Crippen LogP) is -3.99. The number of carboxylic acids is 2. The standard InChI is InChI=1S/2C11H9I3N2O4.C7H17NO5.Na/c2*1-3(17)16-9-7(13)4(10(18)15-2)6(12)5(8(9)14)11(19)20;1-8-2-4(10)6(12)7(13)5(11)3-9;/h2*1-2H3,(H,15,18)(H,16,17)(H,19,20);4-13H,2-3H2,1H3;/q;;;+1/p-2. The van der Waals surface area contributed by atoms with Gasteiger partial charge in [-0.2, -0.15) is 0 Å². The van der Waals surface area contributed by atoms with Crippen LogP contribution in [-0.2, 0) is 9.59 Å². The number of carbonyl (C=O) groups is 6. The van der Waals surface area contributed by atoms with Crippen LogP contribution >= 0.6 is 136 Å². The van der Waals surface area contributed by atoms with E-state index in [0.29, 0.717) is 25.7 Å². The van der Waals surface area contributed by atoms with Gasteiger partial charge in [-0.15, -0.1) is 0 Å². The van der Waals surface area contributed by atoms with Gasteiger partial charge in [0, 0.05) is 59.9 Å². The number of halogens is 6.